The lowest BCUT2D eigenvalue weighted by molar-refractivity contribution is -0.153. The SMILES string of the molecule is COc1ccc2ncc(Cl)c(C(F)CCC3(C(=O)O)CCN(CCSc4ccc(C)cc4)CC3)c2c1. The first kappa shape index (κ1) is 26.7. The van der Waals surface area contributed by atoms with Gasteiger partial charge in [-0.05, 0) is 76.0 Å². The number of pyridine rings is 1. The fourth-order valence-corrected chi connectivity index (χ4v) is 6.05. The standard InChI is InChI=1S/C28H32ClFN2O3S/c1-19-3-6-21(7-4-19)36-16-15-32-13-11-28(12-14-32,27(33)34)10-9-24(30)26-22-17-20(35-2)5-8-25(22)31-18-23(26)29/h3-8,17-18,24H,9-16H2,1-2H3,(H,33,34). The number of ether oxygens (including phenoxy) is 1. The number of carboxylic acid groups (broad SMARTS) is 1. The lowest BCUT2D eigenvalue weighted by Crippen LogP contribution is -2.45. The van der Waals surface area contributed by atoms with Gasteiger partial charge >= 0.3 is 5.97 Å². The molecule has 4 rings (SSSR count). The number of nitrogens with zero attached hydrogens (tertiary/aromatic N) is 2. The predicted molar refractivity (Wildman–Crippen MR) is 144 cm³/mol. The van der Waals surface area contributed by atoms with E-state index in [9.17, 15) is 9.90 Å². The molecule has 36 heavy (non-hydrogen) atoms. The number of alkyl halides is 1. The lowest BCUT2D eigenvalue weighted by atomic mass is 9.74. The van der Waals surface area contributed by atoms with Crippen LogP contribution in [0.15, 0.2) is 53.6 Å². The summed E-state index contributed by atoms with van der Waals surface area (Å²) in [6.45, 7) is 4.38. The van der Waals surface area contributed by atoms with Gasteiger partial charge in [-0.1, -0.05) is 29.3 Å². The molecule has 0 radical (unpaired) electrons. The second-order valence-electron chi connectivity index (χ2n) is 9.50. The largest absolute Gasteiger partial charge is 0.497 e. The highest BCUT2D eigenvalue weighted by molar-refractivity contribution is 7.99. The molecule has 1 aromatic heterocycles. The maximum atomic E-state index is 15.6. The number of aryl methyl sites for hydroxylation is 1. The van der Waals surface area contributed by atoms with Gasteiger partial charge in [0.15, 0.2) is 0 Å². The van der Waals surface area contributed by atoms with E-state index in [2.05, 4.69) is 41.1 Å². The van der Waals surface area contributed by atoms with Crippen LogP contribution in [-0.2, 0) is 4.79 Å². The molecule has 1 saturated heterocycles. The molecule has 192 valence electrons. The van der Waals surface area contributed by atoms with Gasteiger partial charge in [-0.15, -0.1) is 11.8 Å². The van der Waals surface area contributed by atoms with Crippen molar-refractivity contribution in [1.29, 1.82) is 0 Å². The second-order valence-corrected chi connectivity index (χ2v) is 11.1. The van der Waals surface area contributed by atoms with Crippen LogP contribution in [-0.4, -0.2) is 53.5 Å². The number of aromatic nitrogens is 1. The summed E-state index contributed by atoms with van der Waals surface area (Å²) in [5.41, 5.74) is 1.31. The van der Waals surface area contributed by atoms with Crippen LogP contribution in [0.2, 0.25) is 5.02 Å². The van der Waals surface area contributed by atoms with E-state index in [1.807, 2.05) is 11.8 Å². The number of hydrogen-bond acceptors (Lipinski definition) is 5. The van der Waals surface area contributed by atoms with Gasteiger partial charge in [-0.2, -0.15) is 0 Å². The van der Waals surface area contributed by atoms with Gasteiger partial charge in [0.05, 0.1) is 23.1 Å². The Balaban J connectivity index is 1.37. The quantitative estimate of drug-likeness (QED) is 0.286. The summed E-state index contributed by atoms with van der Waals surface area (Å²) < 4.78 is 20.9. The molecular formula is C28H32ClFN2O3S. The van der Waals surface area contributed by atoms with Crippen molar-refractivity contribution < 1.29 is 19.0 Å². The number of piperidine rings is 1. The highest BCUT2D eigenvalue weighted by Crippen LogP contribution is 2.42. The fourth-order valence-electron chi connectivity index (χ4n) is 4.86. The maximum Gasteiger partial charge on any atom is 0.309 e. The molecule has 5 nitrogen and oxygen atoms in total. The zero-order valence-corrected chi connectivity index (χ0v) is 22.2. The van der Waals surface area contributed by atoms with Crippen molar-refractivity contribution in [2.45, 2.75) is 43.7 Å². The monoisotopic (exact) mass is 530 g/mol. The van der Waals surface area contributed by atoms with Crippen LogP contribution in [0, 0.1) is 12.3 Å². The number of rotatable bonds is 10. The number of aliphatic carboxylic acids is 1. The summed E-state index contributed by atoms with van der Waals surface area (Å²) in [7, 11) is 1.55. The number of benzene rings is 2. The van der Waals surface area contributed by atoms with Crippen molar-refractivity contribution in [3.8, 4) is 5.75 Å². The molecule has 0 spiro atoms. The molecule has 1 unspecified atom stereocenters. The Morgan fingerprint density at radius 3 is 2.64 bits per heavy atom. The van der Waals surface area contributed by atoms with E-state index in [1.165, 1.54) is 16.7 Å². The second kappa shape index (κ2) is 11.8. The summed E-state index contributed by atoms with van der Waals surface area (Å²) in [6, 6.07) is 13.8. The topological polar surface area (TPSA) is 62.7 Å². The van der Waals surface area contributed by atoms with Crippen LogP contribution in [0.5, 0.6) is 5.75 Å². The number of carbonyl (C=O) groups is 1. The molecule has 1 aliphatic heterocycles. The Bertz CT molecular complexity index is 1200. The van der Waals surface area contributed by atoms with Crippen LogP contribution in [0.1, 0.15) is 43.0 Å². The summed E-state index contributed by atoms with van der Waals surface area (Å²) >= 11 is 8.18. The van der Waals surface area contributed by atoms with Crippen LogP contribution < -0.4 is 4.74 Å². The van der Waals surface area contributed by atoms with Crippen molar-refractivity contribution in [3.05, 3.63) is 64.8 Å². The summed E-state index contributed by atoms with van der Waals surface area (Å²) in [6.07, 6.45) is 1.45. The molecule has 1 fully saturated rings. The minimum atomic E-state index is -1.39. The first-order valence-corrected chi connectivity index (χ1v) is 13.6. The smallest absolute Gasteiger partial charge is 0.309 e. The third-order valence-electron chi connectivity index (χ3n) is 7.22. The van der Waals surface area contributed by atoms with Crippen LogP contribution in [0.3, 0.4) is 0 Å². The van der Waals surface area contributed by atoms with E-state index >= 15 is 4.39 Å². The zero-order valence-electron chi connectivity index (χ0n) is 20.7. The molecule has 1 aliphatic rings. The average molecular weight is 531 g/mol. The first-order chi connectivity index (χ1) is 17.3. The summed E-state index contributed by atoms with van der Waals surface area (Å²) in [5, 5.41) is 10.9. The molecular weight excluding hydrogens is 499 g/mol. The molecule has 8 heteroatoms. The van der Waals surface area contributed by atoms with Crippen molar-refractivity contribution >= 4 is 40.2 Å². The highest BCUT2D eigenvalue weighted by atomic mass is 35.5. The first-order valence-electron chi connectivity index (χ1n) is 12.2. The van der Waals surface area contributed by atoms with Crippen LogP contribution in [0.4, 0.5) is 4.39 Å². The van der Waals surface area contributed by atoms with E-state index in [0.717, 1.165) is 12.3 Å². The molecule has 0 aliphatic carbocycles. The van der Waals surface area contributed by atoms with Gasteiger partial charge < -0.3 is 14.7 Å². The van der Waals surface area contributed by atoms with Gasteiger partial charge in [0.2, 0.25) is 0 Å². The average Bonchev–Trinajstić information content (AvgIpc) is 2.88. The van der Waals surface area contributed by atoms with Crippen molar-refractivity contribution in [2.24, 2.45) is 5.41 Å². The number of thioether (sulfide) groups is 1. The Hall–Kier alpha value is -2.35. The number of hydrogen-bond donors (Lipinski definition) is 1. The van der Waals surface area contributed by atoms with Gasteiger partial charge in [0.25, 0.3) is 0 Å². The molecule has 1 atom stereocenters. The fraction of sp³-hybridized carbons (Fsp3) is 0.429. The van der Waals surface area contributed by atoms with E-state index in [0.29, 0.717) is 48.1 Å². The molecule has 1 N–H and O–H groups in total. The van der Waals surface area contributed by atoms with Gasteiger partial charge in [0, 0.05) is 34.3 Å². The summed E-state index contributed by atoms with van der Waals surface area (Å²) in [5.74, 6) is 0.706. The Morgan fingerprint density at radius 1 is 1.25 bits per heavy atom. The summed E-state index contributed by atoms with van der Waals surface area (Å²) in [4.78, 5) is 20.2. The number of carboxylic acids is 1. The van der Waals surface area contributed by atoms with E-state index in [1.54, 1.807) is 25.3 Å². The molecule has 3 aromatic rings. The molecule has 0 bridgehead atoms. The molecule has 0 saturated carbocycles. The molecule has 2 aromatic carbocycles. The minimum absolute atomic E-state index is 0.0889. The van der Waals surface area contributed by atoms with Crippen molar-refractivity contribution in [3.63, 3.8) is 0 Å². The number of methoxy groups -OCH3 is 1. The maximum absolute atomic E-state index is 15.6. The molecule has 2 heterocycles. The third-order valence-corrected chi connectivity index (χ3v) is 8.52. The normalized spacial score (nSPS) is 16.7. The zero-order chi connectivity index (χ0) is 25.7. The van der Waals surface area contributed by atoms with Gasteiger partial charge in [-0.25, -0.2) is 4.39 Å². The van der Waals surface area contributed by atoms with Crippen LogP contribution >= 0.6 is 23.4 Å². The predicted octanol–water partition coefficient (Wildman–Crippen LogP) is 6.96. The number of likely N-dealkylation sites (tertiary alicyclic amines) is 1. The van der Waals surface area contributed by atoms with Gasteiger partial charge in [-0.3, -0.25) is 9.78 Å². The van der Waals surface area contributed by atoms with E-state index in [4.69, 9.17) is 16.3 Å². The van der Waals surface area contributed by atoms with Gasteiger partial charge in [0.1, 0.15) is 11.9 Å². The van der Waals surface area contributed by atoms with Crippen LogP contribution in [0.25, 0.3) is 10.9 Å². The Kier molecular flexibility index (Phi) is 8.75. The van der Waals surface area contributed by atoms with Crippen molar-refractivity contribution in [1.82, 2.24) is 9.88 Å². The number of halogens is 2. The third kappa shape index (κ3) is 6.13. The lowest BCUT2D eigenvalue weighted by Gasteiger charge is -2.39. The number of fused-ring (bicyclic) bond motifs is 1. The van der Waals surface area contributed by atoms with E-state index < -0.39 is 17.6 Å². The highest BCUT2D eigenvalue weighted by Gasteiger charge is 2.41. The Morgan fingerprint density at radius 2 is 1.97 bits per heavy atom. The Labute approximate surface area is 221 Å². The molecule has 0 amide bonds. The minimum Gasteiger partial charge on any atom is -0.497 e. The van der Waals surface area contributed by atoms with Crippen molar-refractivity contribution in [2.75, 3.05) is 32.5 Å². The van der Waals surface area contributed by atoms with E-state index in [-0.39, 0.29) is 17.9 Å².